The van der Waals surface area contributed by atoms with Crippen LogP contribution in [-0.2, 0) is 17.7 Å². The Morgan fingerprint density at radius 3 is 2.74 bits per heavy atom. The molecule has 2 nitrogen and oxygen atoms in total. The summed E-state index contributed by atoms with van der Waals surface area (Å²) in [5, 5.41) is 5.63. The fraction of sp³-hybridized carbons (Fsp3) is 0.467. The molecule has 0 atom stereocenters. The second kappa shape index (κ2) is 6.64. The standard InChI is InChI=1S/C15H21NOS2/c1-15(2,14-5-4-8-19-14)11-16-9-12-6-7-13(17-12)10-18-3/h4-8,16H,9-11H2,1-3H3. The summed E-state index contributed by atoms with van der Waals surface area (Å²) in [5.74, 6) is 3.02. The number of hydrogen-bond acceptors (Lipinski definition) is 4. The molecule has 104 valence electrons. The van der Waals surface area contributed by atoms with Crippen molar-refractivity contribution in [1.29, 1.82) is 0 Å². The third kappa shape index (κ3) is 4.13. The van der Waals surface area contributed by atoms with E-state index in [1.165, 1.54) is 4.88 Å². The first-order valence-electron chi connectivity index (χ1n) is 6.43. The average molecular weight is 295 g/mol. The van der Waals surface area contributed by atoms with Crippen LogP contribution in [0.3, 0.4) is 0 Å². The van der Waals surface area contributed by atoms with Crippen molar-refractivity contribution >= 4 is 23.1 Å². The Kier molecular flexibility index (Phi) is 5.13. The van der Waals surface area contributed by atoms with Crippen molar-refractivity contribution in [2.75, 3.05) is 12.8 Å². The molecule has 2 rings (SSSR count). The Balaban J connectivity index is 1.82. The van der Waals surface area contributed by atoms with E-state index in [0.29, 0.717) is 0 Å². The van der Waals surface area contributed by atoms with Crippen LogP contribution in [0, 0.1) is 0 Å². The van der Waals surface area contributed by atoms with Crippen LogP contribution in [0.4, 0.5) is 0 Å². The molecule has 1 N–H and O–H groups in total. The molecule has 2 aromatic heterocycles. The summed E-state index contributed by atoms with van der Waals surface area (Å²) >= 11 is 3.60. The molecule has 0 fully saturated rings. The number of rotatable bonds is 7. The monoisotopic (exact) mass is 295 g/mol. The van der Waals surface area contributed by atoms with Crippen molar-refractivity contribution in [1.82, 2.24) is 5.32 Å². The number of thioether (sulfide) groups is 1. The van der Waals surface area contributed by atoms with E-state index in [1.54, 1.807) is 11.8 Å². The molecule has 0 radical (unpaired) electrons. The van der Waals surface area contributed by atoms with Crippen molar-refractivity contribution in [2.45, 2.75) is 31.6 Å². The van der Waals surface area contributed by atoms with Crippen LogP contribution < -0.4 is 5.32 Å². The molecule has 0 aliphatic heterocycles. The maximum Gasteiger partial charge on any atom is 0.118 e. The number of nitrogens with one attached hydrogen (secondary N) is 1. The molecule has 0 saturated heterocycles. The third-order valence-electron chi connectivity index (χ3n) is 3.06. The highest BCUT2D eigenvalue weighted by atomic mass is 32.2. The van der Waals surface area contributed by atoms with E-state index in [-0.39, 0.29) is 5.41 Å². The molecule has 2 heterocycles. The number of thiophene rings is 1. The average Bonchev–Trinajstić information content (AvgIpc) is 3.00. The Morgan fingerprint density at radius 1 is 1.26 bits per heavy atom. The topological polar surface area (TPSA) is 25.2 Å². The molecule has 0 saturated carbocycles. The van der Waals surface area contributed by atoms with Gasteiger partial charge in [-0.25, -0.2) is 0 Å². The molecule has 2 aromatic rings. The minimum Gasteiger partial charge on any atom is -0.464 e. The van der Waals surface area contributed by atoms with Gasteiger partial charge in [0.05, 0.1) is 12.3 Å². The Hall–Kier alpha value is -0.710. The lowest BCUT2D eigenvalue weighted by Gasteiger charge is -2.23. The zero-order valence-electron chi connectivity index (χ0n) is 11.7. The van der Waals surface area contributed by atoms with Gasteiger partial charge in [0.25, 0.3) is 0 Å². The van der Waals surface area contributed by atoms with E-state index in [0.717, 1.165) is 30.4 Å². The predicted octanol–water partition coefficient (Wildman–Crippen LogP) is 4.27. The lowest BCUT2D eigenvalue weighted by molar-refractivity contribution is 0.426. The van der Waals surface area contributed by atoms with E-state index in [9.17, 15) is 0 Å². The summed E-state index contributed by atoms with van der Waals surface area (Å²) in [6.07, 6.45) is 2.09. The van der Waals surface area contributed by atoms with Gasteiger partial charge in [0.15, 0.2) is 0 Å². The van der Waals surface area contributed by atoms with Gasteiger partial charge >= 0.3 is 0 Å². The molecule has 0 aliphatic rings. The molecule has 0 aromatic carbocycles. The molecule has 19 heavy (non-hydrogen) atoms. The van der Waals surface area contributed by atoms with E-state index >= 15 is 0 Å². The van der Waals surface area contributed by atoms with E-state index < -0.39 is 0 Å². The third-order valence-corrected chi connectivity index (χ3v) is 4.87. The first-order valence-corrected chi connectivity index (χ1v) is 8.70. The Morgan fingerprint density at radius 2 is 2.05 bits per heavy atom. The molecule has 0 amide bonds. The highest BCUT2D eigenvalue weighted by Gasteiger charge is 2.21. The van der Waals surface area contributed by atoms with Crippen LogP contribution in [-0.4, -0.2) is 12.8 Å². The van der Waals surface area contributed by atoms with E-state index in [2.05, 4.69) is 55.1 Å². The zero-order valence-corrected chi connectivity index (χ0v) is 13.4. The largest absolute Gasteiger partial charge is 0.464 e. The molecule has 0 aliphatic carbocycles. The van der Waals surface area contributed by atoms with Gasteiger partial charge in [0.1, 0.15) is 11.5 Å². The maximum absolute atomic E-state index is 5.75. The molecular weight excluding hydrogens is 274 g/mol. The van der Waals surface area contributed by atoms with Crippen molar-refractivity contribution in [3.63, 3.8) is 0 Å². The van der Waals surface area contributed by atoms with Gasteiger partial charge in [0.2, 0.25) is 0 Å². The van der Waals surface area contributed by atoms with Gasteiger partial charge in [0, 0.05) is 16.8 Å². The molecule has 0 spiro atoms. The van der Waals surface area contributed by atoms with Crippen LogP contribution in [0.25, 0.3) is 0 Å². The minimum atomic E-state index is 0.170. The van der Waals surface area contributed by atoms with Crippen LogP contribution in [0.1, 0.15) is 30.2 Å². The highest BCUT2D eigenvalue weighted by Crippen LogP contribution is 2.26. The van der Waals surface area contributed by atoms with Crippen molar-refractivity contribution in [3.8, 4) is 0 Å². The summed E-state index contributed by atoms with van der Waals surface area (Å²) in [4.78, 5) is 1.42. The zero-order chi connectivity index (χ0) is 13.7. The van der Waals surface area contributed by atoms with E-state index in [4.69, 9.17) is 4.42 Å². The molecular formula is C15H21NOS2. The van der Waals surface area contributed by atoms with Crippen molar-refractivity contribution in [3.05, 3.63) is 46.0 Å². The van der Waals surface area contributed by atoms with Gasteiger partial charge in [-0.05, 0) is 29.8 Å². The van der Waals surface area contributed by atoms with E-state index in [1.807, 2.05) is 11.3 Å². The SMILES string of the molecule is CSCc1ccc(CNCC(C)(C)c2cccs2)o1. The first-order chi connectivity index (χ1) is 9.12. The van der Waals surface area contributed by atoms with Crippen LogP contribution in [0.5, 0.6) is 0 Å². The quantitative estimate of drug-likeness (QED) is 0.825. The van der Waals surface area contributed by atoms with Crippen molar-refractivity contribution < 1.29 is 4.42 Å². The first kappa shape index (κ1) is 14.7. The predicted molar refractivity (Wildman–Crippen MR) is 85.0 cm³/mol. The van der Waals surface area contributed by atoms with Gasteiger partial charge < -0.3 is 9.73 Å². The summed E-state index contributed by atoms with van der Waals surface area (Å²) in [5.41, 5.74) is 0.170. The fourth-order valence-electron chi connectivity index (χ4n) is 1.99. The second-order valence-corrected chi connectivity index (χ2v) is 7.08. The number of furan rings is 1. The maximum atomic E-state index is 5.75. The summed E-state index contributed by atoms with van der Waals surface area (Å²) in [7, 11) is 0. The van der Waals surface area contributed by atoms with Crippen LogP contribution >= 0.6 is 23.1 Å². The Labute approximate surface area is 123 Å². The van der Waals surface area contributed by atoms with Gasteiger partial charge in [-0.15, -0.1) is 11.3 Å². The lowest BCUT2D eigenvalue weighted by Crippen LogP contribution is -2.31. The summed E-state index contributed by atoms with van der Waals surface area (Å²) < 4.78 is 5.75. The highest BCUT2D eigenvalue weighted by molar-refractivity contribution is 7.97. The normalized spacial score (nSPS) is 11.9. The lowest BCUT2D eigenvalue weighted by atomic mass is 9.91. The van der Waals surface area contributed by atoms with Gasteiger partial charge in [-0.2, -0.15) is 11.8 Å². The Bertz CT molecular complexity index is 488. The molecule has 0 bridgehead atoms. The fourth-order valence-corrected chi connectivity index (χ4v) is 3.28. The van der Waals surface area contributed by atoms with Gasteiger partial charge in [-0.1, -0.05) is 19.9 Å². The number of hydrogen-bond donors (Lipinski definition) is 1. The second-order valence-electron chi connectivity index (χ2n) is 5.27. The minimum absolute atomic E-state index is 0.170. The van der Waals surface area contributed by atoms with Gasteiger partial charge in [-0.3, -0.25) is 0 Å². The summed E-state index contributed by atoms with van der Waals surface area (Å²) in [6.45, 7) is 6.29. The smallest absolute Gasteiger partial charge is 0.118 e. The van der Waals surface area contributed by atoms with Crippen LogP contribution in [0.2, 0.25) is 0 Å². The molecule has 4 heteroatoms. The van der Waals surface area contributed by atoms with Crippen molar-refractivity contribution in [2.24, 2.45) is 0 Å². The molecule has 0 unspecified atom stereocenters. The summed E-state index contributed by atoms with van der Waals surface area (Å²) in [6, 6.07) is 8.45. The van der Waals surface area contributed by atoms with Crippen LogP contribution in [0.15, 0.2) is 34.1 Å².